The van der Waals surface area contributed by atoms with E-state index < -0.39 is 0 Å². The van der Waals surface area contributed by atoms with Gasteiger partial charge in [-0.25, -0.2) is 0 Å². The molecule has 2 rings (SSSR count). The fraction of sp³-hybridized carbons (Fsp3) is 0. The van der Waals surface area contributed by atoms with Crippen molar-refractivity contribution in [1.29, 1.82) is 0 Å². The number of hydrogen-bond donors (Lipinski definition) is 0. The van der Waals surface area contributed by atoms with Crippen molar-refractivity contribution in [3.05, 3.63) is 45.7 Å². The quantitative estimate of drug-likeness (QED) is 0.788. The Hall–Kier alpha value is -1.00. The van der Waals surface area contributed by atoms with Crippen molar-refractivity contribution in [2.45, 2.75) is 0 Å². The van der Waals surface area contributed by atoms with Crippen LogP contribution in [0.25, 0.3) is 0 Å². The summed E-state index contributed by atoms with van der Waals surface area (Å²) in [5.74, 6) is 0.0236. The Morgan fingerprint density at radius 3 is 2.64 bits per heavy atom. The van der Waals surface area contributed by atoms with E-state index in [0.29, 0.717) is 4.47 Å². The van der Waals surface area contributed by atoms with E-state index in [4.69, 9.17) is 20.4 Å². The molecule has 3 nitrogen and oxygen atoms in total. The molecule has 0 radical (unpaired) electrons. The second kappa shape index (κ2) is 3.63. The van der Waals surface area contributed by atoms with Gasteiger partial charge in [0, 0.05) is 0 Å². The molecule has 0 amide bonds. The van der Waals surface area contributed by atoms with Gasteiger partial charge in [0.05, 0.1) is 10.7 Å². The lowest BCUT2D eigenvalue weighted by molar-refractivity contribution is 0.0982. The van der Waals surface area contributed by atoms with Gasteiger partial charge in [0.25, 0.3) is 5.78 Å². The first kappa shape index (κ1) is 9.55. The molecular formula is C9H4BrClO3. The lowest BCUT2D eigenvalue weighted by Gasteiger charge is -1.92. The highest BCUT2D eigenvalue weighted by Crippen LogP contribution is 2.23. The first-order valence-electron chi connectivity index (χ1n) is 3.71. The third kappa shape index (κ3) is 1.63. The molecule has 0 N–H and O–H groups in total. The Morgan fingerprint density at radius 1 is 1.36 bits per heavy atom. The summed E-state index contributed by atoms with van der Waals surface area (Å²) >= 11 is 8.73. The van der Waals surface area contributed by atoms with E-state index in [-0.39, 0.29) is 22.5 Å². The van der Waals surface area contributed by atoms with Gasteiger partial charge in [-0.1, -0.05) is 0 Å². The summed E-state index contributed by atoms with van der Waals surface area (Å²) in [6, 6.07) is 4.64. The van der Waals surface area contributed by atoms with E-state index in [0.717, 1.165) is 0 Å². The average molecular weight is 275 g/mol. The number of hydrogen-bond acceptors (Lipinski definition) is 3. The summed E-state index contributed by atoms with van der Waals surface area (Å²) in [7, 11) is 0. The molecule has 0 atom stereocenters. The summed E-state index contributed by atoms with van der Waals surface area (Å²) in [6.07, 6.45) is 1.42. The van der Waals surface area contributed by atoms with Gasteiger partial charge >= 0.3 is 0 Å². The van der Waals surface area contributed by atoms with Crippen molar-refractivity contribution in [2.24, 2.45) is 0 Å². The summed E-state index contributed by atoms with van der Waals surface area (Å²) in [4.78, 5) is 11.7. The molecule has 0 saturated heterocycles. The third-order valence-corrected chi connectivity index (χ3v) is 2.45. The van der Waals surface area contributed by atoms with Crippen LogP contribution in [0.15, 0.2) is 37.8 Å². The lowest BCUT2D eigenvalue weighted by Crippen LogP contribution is -1.97. The van der Waals surface area contributed by atoms with Crippen molar-refractivity contribution < 1.29 is 13.6 Å². The lowest BCUT2D eigenvalue weighted by atomic mass is 10.2. The van der Waals surface area contributed by atoms with Gasteiger partial charge in [0.15, 0.2) is 16.7 Å². The number of furan rings is 2. The summed E-state index contributed by atoms with van der Waals surface area (Å²) in [5, 5.41) is 0.177. The molecule has 0 fully saturated rings. The SMILES string of the molecule is O=C(c1ccc(Cl)o1)c1occc1Br. The van der Waals surface area contributed by atoms with Crippen molar-refractivity contribution in [2.75, 3.05) is 0 Å². The Kier molecular flexibility index (Phi) is 2.48. The second-order valence-electron chi connectivity index (χ2n) is 2.53. The molecule has 2 aromatic rings. The fourth-order valence-electron chi connectivity index (χ4n) is 1.00. The van der Waals surface area contributed by atoms with Gasteiger partial charge in [0.1, 0.15) is 0 Å². The molecule has 2 aromatic heterocycles. The van der Waals surface area contributed by atoms with Gasteiger partial charge in [-0.3, -0.25) is 4.79 Å². The number of carbonyl (C=O) groups excluding carboxylic acids is 1. The highest BCUT2D eigenvalue weighted by molar-refractivity contribution is 9.10. The number of halogens is 2. The van der Waals surface area contributed by atoms with Crippen LogP contribution in [-0.2, 0) is 0 Å². The standard InChI is InChI=1S/C9H4BrClO3/c10-5-3-4-13-9(5)8(12)6-1-2-7(11)14-6/h1-4H. The molecule has 0 unspecified atom stereocenters. The number of ketones is 1. The molecule has 14 heavy (non-hydrogen) atoms. The summed E-state index contributed by atoms with van der Waals surface area (Å²) in [5.41, 5.74) is 0. The maximum atomic E-state index is 11.7. The van der Waals surface area contributed by atoms with Crippen LogP contribution in [0, 0.1) is 0 Å². The predicted octanol–water partition coefficient (Wildman–Crippen LogP) is 3.52. The largest absolute Gasteiger partial charge is 0.459 e. The smallest absolute Gasteiger partial charge is 0.264 e. The molecule has 0 aliphatic carbocycles. The summed E-state index contributed by atoms with van der Waals surface area (Å²) < 4.78 is 10.5. The Labute approximate surface area is 92.8 Å². The minimum atomic E-state index is -0.339. The van der Waals surface area contributed by atoms with Gasteiger partial charge in [-0.05, 0) is 45.7 Å². The highest BCUT2D eigenvalue weighted by atomic mass is 79.9. The average Bonchev–Trinajstić information content (AvgIpc) is 2.73. The van der Waals surface area contributed by atoms with Crippen LogP contribution in [-0.4, -0.2) is 5.78 Å². The zero-order valence-electron chi connectivity index (χ0n) is 6.79. The van der Waals surface area contributed by atoms with Gasteiger partial charge in [-0.2, -0.15) is 0 Å². The molecule has 72 valence electrons. The van der Waals surface area contributed by atoms with E-state index in [2.05, 4.69) is 15.9 Å². The Morgan fingerprint density at radius 2 is 2.14 bits per heavy atom. The normalized spacial score (nSPS) is 10.4. The molecule has 0 bridgehead atoms. The van der Waals surface area contributed by atoms with Crippen molar-refractivity contribution >= 4 is 33.3 Å². The van der Waals surface area contributed by atoms with Crippen LogP contribution in [0.1, 0.15) is 16.3 Å². The number of rotatable bonds is 2. The third-order valence-electron chi connectivity index (χ3n) is 1.62. The number of carbonyl (C=O) groups is 1. The first-order valence-corrected chi connectivity index (χ1v) is 4.88. The molecule has 0 aliphatic rings. The fourth-order valence-corrected chi connectivity index (χ4v) is 1.53. The zero-order chi connectivity index (χ0) is 10.1. The van der Waals surface area contributed by atoms with E-state index in [1.807, 2.05) is 0 Å². The van der Waals surface area contributed by atoms with Gasteiger partial charge in [-0.15, -0.1) is 0 Å². The van der Waals surface area contributed by atoms with Crippen LogP contribution in [0.5, 0.6) is 0 Å². The molecule has 2 heterocycles. The van der Waals surface area contributed by atoms with Crippen LogP contribution >= 0.6 is 27.5 Å². The van der Waals surface area contributed by atoms with Gasteiger partial charge < -0.3 is 8.83 Å². The van der Waals surface area contributed by atoms with Crippen molar-refractivity contribution in [1.82, 2.24) is 0 Å². The van der Waals surface area contributed by atoms with E-state index >= 15 is 0 Å². The van der Waals surface area contributed by atoms with Crippen molar-refractivity contribution in [3.8, 4) is 0 Å². The first-order chi connectivity index (χ1) is 6.68. The predicted molar refractivity (Wildman–Crippen MR) is 53.6 cm³/mol. The minimum absolute atomic E-state index is 0.158. The molecule has 5 heteroatoms. The van der Waals surface area contributed by atoms with E-state index in [9.17, 15) is 4.79 Å². The summed E-state index contributed by atoms with van der Waals surface area (Å²) in [6.45, 7) is 0. The molecule has 0 saturated carbocycles. The van der Waals surface area contributed by atoms with Crippen LogP contribution in [0.2, 0.25) is 5.22 Å². The van der Waals surface area contributed by atoms with Crippen LogP contribution in [0.4, 0.5) is 0 Å². The van der Waals surface area contributed by atoms with E-state index in [1.54, 1.807) is 6.07 Å². The molecular weight excluding hydrogens is 271 g/mol. The topological polar surface area (TPSA) is 43.4 Å². The highest BCUT2D eigenvalue weighted by Gasteiger charge is 2.19. The molecule has 0 aromatic carbocycles. The Balaban J connectivity index is 2.38. The molecule has 0 aliphatic heterocycles. The zero-order valence-corrected chi connectivity index (χ0v) is 9.13. The molecule has 0 spiro atoms. The van der Waals surface area contributed by atoms with Crippen LogP contribution < -0.4 is 0 Å². The van der Waals surface area contributed by atoms with Crippen molar-refractivity contribution in [3.63, 3.8) is 0 Å². The maximum Gasteiger partial charge on any atom is 0.264 e. The minimum Gasteiger partial charge on any atom is -0.459 e. The van der Waals surface area contributed by atoms with E-state index in [1.165, 1.54) is 18.4 Å². The van der Waals surface area contributed by atoms with Gasteiger partial charge in [0.2, 0.25) is 0 Å². The maximum absolute atomic E-state index is 11.7. The van der Waals surface area contributed by atoms with Crippen LogP contribution in [0.3, 0.4) is 0 Å². The Bertz CT molecular complexity index is 472. The monoisotopic (exact) mass is 274 g/mol. The second-order valence-corrected chi connectivity index (χ2v) is 3.76.